The molecule has 0 saturated heterocycles. The summed E-state index contributed by atoms with van der Waals surface area (Å²) in [6.45, 7) is 2.41. The molecule has 1 amide bonds. The van der Waals surface area contributed by atoms with Crippen molar-refractivity contribution in [2.45, 2.75) is 25.8 Å². The fourth-order valence-electron chi connectivity index (χ4n) is 2.35. The van der Waals surface area contributed by atoms with E-state index in [1.807, 2.05) is 6.07 Å². The van der Waals surface area contributed by atoms with E-state index in [0.29, 0.717) is 6.54 Å². The number of nitrogens with zero attached hydrogens (tertiary/aromatic N) is 1. The summed E-state index contributed by atoms with van der Waals surface area (Å²) in [5.41, 5.74) is 1.28. The van der Waals surface area contributed by atoms with Crippen LogP contribution in [0.3, 0.4) is 0 Å². The molecule has 3 heteroatoms. The summed E-state index contributed by atoms with van der Waals surface area (Å²) in [7, 11) is 1.70. The Balaban J connectivity index is 1.92. The van der Waals surface area contributed by atoms with Crippen LogP contribution >= 0.6 is 0 Å². The number of likely N-dealkylation sites (N-methyl/N-ethyl adjacent to an activating group) is 1. The van der Waals surface area contributed by atoms with Crippen LogP contribution in [0.25, 0.3) is 0 Å². The van der Waals surface area contributed by atoms with Gasteiger partial charge in [0.05, 0.1) is 6.54 Å². The Bertz CT molecular complexity index is 373. The van der Waals surface area contributed by atoms with Gasteiger partial charge in [-0.25, -0.2) is 0 Å². The Kier molecular flexibility index (Phi) is 4.76. The minimum absolute atomic E-state index is 0.102. The third-order valence-corrected chi connectivity index (χ3v) is 3.64. The first kappa shape index (κ1) is 13.1. The van der Waals surface area contributed by atoms with Gasteiger partial charge in [-0.05, 0) is 24.3 Å². The minimum Gasteiger partial charge on any atom is -0.358 e. The Labute approximate surface area is 109 Å². The summed E-state index contributed by atoms with van der Waals surface area (Å²) in [4.78, 5) is 13.8. The van der Waals surface area contributed by atoms with E-state index in [1.165, 1.54) is 24.8 Å². The van der Waals surface area contributed by atoms with E-state index in [9.17, 15) is 4.79 Å². The van der Waals surface area contributed by atoms with Crippen LogP contribution in [0, 0.1) is 5.92 Å². The van der Waals surface area contributed by atoms with Crippen molar-refractivity contribution in [2.24, 2.45) is 5.92 Å². The normalized spacial score (nSPS) is 15.4. The van der Waals surface area contributed by atoms with Crippen molar-refractivity contribution in [3.63, 3.8) is 0 Å². The van der Waals surface area contributed by atoms with Crippen molar-refractivity contribution < 1.29 is 4.79 Å². The molecule has 1 aromatic carbocycles. The number of hydrogen-bond donors (Lipinski definition) is 1. The lowest BCUT2D eigenvalue weighted by molar-refractivity contribution is -0.122. The zero-order chi connectivity index (χ0) is 12.8. The van der Waals surface area contributed by atoms with Crippen LogP contribution < -0.4 is 5.32 Å². The minimum atomic E-state index is 0.102. The first-order chi connectivity index (χ1) is 8.78. The number of carbonyl (C=O) groups is 1. The van der Waals surface area contributed by atoms with Gasteiger partial charge in [-0.3, -0.25) is 9.69 Å². The number of nitrogens with one attached hydrogen (secondary N) is 1. The van der Waals surface area contributed by atoms with E-state index in [1.54, 1.807) is 7.05 Å². The molecule has 1 aliphatic rings. The maximum absolute atomic E-state index is 11.5. The first-order valence-corrected chi connectivity index (χ1v) is 6.75. The van der Waals surface area contributed by atoms with Crippen LogP contribution in [0.15, 0.2) is 30.3 Å². The van der Waals surface area contributed by atoms with Gasteiger partial charge in [0.1, 0.15) is 0 Å². The second kappa shape index (κ2) is 6.55. The molecule has 0 radical (unpaired) electrons. The number of benzene rings is 1. The molecule has 1 fully saturated rings. The van der Waals surface area contributed by atoms with Crippen molar-refractivity contribution in [2.75, 3.05) is 20.1 Å². The predicted molar refractivity (Wildman–Crippen MR) is 73.1 cm³/mol. The fraction of sp³-hybridized carbons (Fsp3) is 0.533. The highest BCUT2D eigenvalue weighted by Gasteiger charge is 2.21. The summed E-state index contributed by atoms with van der Waals surface area (Å²) < 4.78 is 0. The first-order valence-electron chi connectivity index (χ1n) is 6.75. The molecule has 0 aliphatic heterocycles. The van der Waals surface area contributed by atoms with Crippen molar-refractivity contribution in [3.05, 3.63) is 35.9 Å². The molecule has 0 atom stereocenters. The Hall–Kier alpha value is -1.35. The van der Waals surface area contributed by atoms with Gasteiger partial charge in [0.2, 0.25) is 5.91 Å². The summed E-state index contributed by atoms with van der Waals surface area (Å²) in [5, 5.41) is 2.71. The lowest BCUT2D eigenvalue weighted by atomic mass is 9.85. The summed E-state index contributed by atoms with van der Waals surface area (Å²) in [6.07, 6.45) is 3.99. The van der Waals surface area contributed by atoms with Gasteiger partial charge < -0.3 is 5.32 Å². The molecular formula is C15H22N2O. The third kappa shape index (κ3) is 3.84. The molecule has 1 aromatic rings. The van der Waals surface area contributed by atoms with Crippen LogP contribution in [-0.4, -0.2) is 30.9 Å². The topological polar surface area (TPSA) is 32.3 Å². The van der Waals surface area contributed by atoms with Crippen molar-refractivity contribution >= 4 is 5.91 Å². The molecule has 0 spiro atoms. The number of carbonyl (C=O) groups excluding carboxylic acids is 1. The van der Waals surface area contributed by atoms with Crippen molar-refractivity contribution in [1.82, 2.24) is 10.2 Å². The molecule has 3 nitrogen and oxygen atoms in total. The molecule has 0 unspecified atom stereocenters. The highest BCUT2D eigenvalue weighted by Crippen LogP contribution is 2.27. The lowest BCUT2D eigenvalue weighted by Crippen LogP contribution is -2.39. The van der Waals surface area contributed by atoms with Crippen LogP contribution in [0.1, 0.15) is 24.8 Å². The molecule has 0 bridgehead atoms. The second-order valence-corrected chi connectivity index (χ2v) is 5.13. The van der Waals surface area contributed by atoms with Gasteiger partial charge >= 0.3 is 0 Å². The molecule has 1 saturated carbocycles. The predicted octanol–water partition coefficient (Wildman–Crippen LogP) is 2.03. The molecular weight excluding hydrogens is 224 g/mol. The number of hydrogen-bond acceptors (Lipinski definition) is 2. The quantitative estimate of drug-likeness (QED) is 0.833. The van der Waals surface area contributed by atoms with Crippen molar-refractivity contribution in [1.29, 1.82) is 0 Å². The van der Waals surface area contributed by atoms with Crippen LogP contribution in [0.5, 0.6) is 0 Å². The van der Waals surface area contributed by atoms with Gasteiger partial charge in [-0.15, -0.1) is 0 Å². The Morgan fingerprint density at radius 1 is 1.33 bits per heavy atom. The van der Waals surface area contributed by atoms with E-state index in [2.05, 4.69) is 34.5 Å². The third-order valence-electron chi connectivity index (χ3n) is 3.64. The van der Waals surface area contributed by atoms with Gasteiger partial charge in [0, 0.05) is 20.1 Å². The van der Waals surface area contributed by atoms with Crippen LogP contribution in [-0.2, 0) is 11.3 Å². The van der Waals surface area contributed by atoms with Crippen LogP contribution in [0.4, 0.5) is 0 Å². The van der Waals surface area contributed by atoms with Crippen molar-refractivity contribution in [3.8, 4) is 0 Å². The zero-order valence-electron chi connectivity index (χ0n) is 11.1. The zero-order valence-corrected chi connectivity index (χ0v) is 11.1. The highest BCUT2D eigenvalue weighted by molar-refractivity contribution is 5.77. The van der Waals surface area contributed by atoms with Gasteiger partial charge in [-0.2, -0.15) is 0 Å². The molecule has 0 heterocycles. The second-order valence-electron chi connectivity index (χ2n) is 5.13. The fourth-order valence-corrected chi connectivity index (χ4v) is 2.35. The average Bonchev–Trinajstić information content (AvgIpc) is 2.34. The summed E-state index contributed by atoms with van der Waals surface area (Å²) in [6, 6.07) is 10.4. The standard InChI is InChI=1S/C15H22N2O/c1-16-15(18)12-17(11-14-8-5-9-14)10-13-6-3-2-4-7-13/h2-4,6-7,14H,5,8-12H2,1H3,(H,16,18). The maximum atomic E-state index is 11.5. The van der Waals surface area contributed by atoms with Gasteiger partial charge in [-0.1, -0.05) is 36.8 Å². The Morgan fingerprint density at radius 3 is 2.61 bits per heavy atom. The van der Waals surface area contributed by atoms with E-state index < -0.39 is 0 Å². The smallest absolute Gasteiger partial charge is 0.233 e. The SMILES string of the molecule is CNC(=O)CN(Cc1ccccc1)CC1CCC1. The van der Waals surface area contributed by atoms with Gasteiger partial charge in [0.25, 0.3) is 0 Å². The highest BCUT2D eigenvalue weighted by atomic mass is 16.1. The summed E-state index contributed by atoms with van der Waals surface area (Å²) >= 11 is 0. The maximum Gasteiger partial charge on any atom is 0.233 e. The molecule has 2 rings (SSSR count). The van der Waals surface area contributed by atoms with E-state index >= 15 is 0 Å². The van der Waals surface area contributed by atoms with E-state index in [4.69, 9.17) is 0 Å². The monoisotopic (exact) mass is 246 g/mol. The largest absolute Gasteiger partial charge is 0.358 e. The number of amides is 1. The number of rotatable bonds is 6. The van der Waals surface area contributed by atoms with E-state index in [0.717, 1.165) is 19.0 Å². The molecule has 1 aliphatic carbocycles. The molecule has 18 heavy (non-hydrogen) atoms. The van der Waals surface area contributed by atoms with E-state index in [-0.39, 0.29) is 5.91 Å². The average molecular weight is 246 g/mol. The van der Waals surface area contributed by atoms with Gasteiger partial charge in [0.15, 0.2) is 0 Å². The Morgan fingerprint density at radius 2 is 2.06 bits per heavy atom. The molecule has 98 valence electrons. The lowest BCUT2D eigenvalue weighted by Gasteiger charge is -2.32. The molecule has 1 N–H and O–H groups in total. The summed E-state index contributed by atoms with van der Waals surface area (Å²) in [5.74, 6) is 0.892. The molecule has 0 aromatic heterocycles. The van der Waals surface area contributed by atoms with Crippen LogP contribution in [0.2, 0.25) is 0 Å².